The van der Waals surface area contributed by atoms with Crippen LogP contribution in [0.4, 0.5) is 5.13 Å². The lowest BCUT2D eigenvalue weighted by atomic mass is 10.3. The number of amides is 1. The molecule has 2 N–H and O–H groups in total. The van der Waals surface area contributed by atoms with E-state index in [1.807, 2.05) is 0 Å². The maximum atomic E-state index is 11.0. The fourth-order valence-electron chi connectivity index (χ4n) is 0.835. The lowest BCUT2D eigenvalue weighted by Gasteiger charge is -2.03. The van der Waals surface area contributed by atoms with Crippen molar-refractivity contribution in [1.29, 1.82) is 0 Å². The number of anilines is 1. The third-order valence-electron chi connectivity index (χ3n) is 1.40. The van der Waals surface area contributed by atoms with Crippen molar-refractivity contribution in [2.75, 3.05) is 11.9 Å². The van der Waals surface area contributed by atoms with Crippen molar-refractivity contribution in [3.8, 4) is 0 Å². The number of carbonyl (C=O) groups excluding carboxylic acids is 1. The van der Waals surface area contributed by atoms with E-state index in [2.05, 4.69) is 21.0 Å². The van der Waals surface area contributed by atoms with Crippen LogP contribution in [0.15, 0.2) is 5.51 Å². The van der Waals surface area contributed by atoms with Crippen molar-refractivity contribution in [2.45, 2.75) is 6.04 Å². The summed E-state index contributed by atoms with van der Waals surface area (Å²) in [6.45, 7) is 0.318. The molecule has 1 fully saturated rings. The Balaban J connectivity index is 1.99. The average molecular weight is 186 g/mol. The molecular weight excluding hydrogens is 180 g/mol. The second kappa shape index (κ2) is 3.03. The van der Waals surface area contributed by atoms with Crippen LogP contribution in [0.3, 0.4) is 0 Å². The molecule has 1 aliphatic heterocycles. The molecule has 2 rings (SSSR count). The molecule has 7 heteroatoms. The smallest absolute Gasteiger partial charge is 0.268 e. The van der Waals surface area contributed by atoms with Crippen molar-refractivity contribution in [2.24, 2.45) is 0 Å². The average Bonchev–Trinajstić information content (AvgIpc) is 2.65. The Morgan fingerprint density at radius 1 is 1.83 bits per heavy atom. The molecule has 0 aliphatic carbocycles. The second-order valence-electron chi connectivity index (χ2n) is 2.22. The Hall–Kier alpha value is -1.21. The number of hydroxylamine groups is 1. The molecular formula is C5H6N4O2S. The number of nitrogens with one attached hydrogen (secondary N) is 2. The van der Waals surface area contributed by atoms with Crippen LogP contribution in [0.1, 0.15) is 0 Å². The van der Waals surface area contributed by atoms with Crippen LogP contribution in [0, 0.1) is 0 Å². The molecule has 1 saturated heterocycles. The van der Waals surface area contributed by atoms with E-state index in [1.165, 1.54) is 11.3 Å². The van der Waals surface area contributed by atoms with E-state index in [0.717, 1.165) is 0 Å². The van der Waals surface area contributed by atoms with E-state index in [0.29, 0.717) is 11.7 Å². The van der Waals surface area contributed by atoms with Gasteiger partial charge in [0.2, 0.25) is 5.13 Å². The molecule has 1 atom stereocenters. The summed E-state index contributed by atoms with van der Waals surface area (Å²) in [5.74, 6) is -0.176. The molecule has 1 aliphatic rings. The first-order valence-electron chi connectivity index (χ1n) is 3.30. The summed E-state index contributed by atoms with van der Waals surface area (Å²) < 4.78 is 0. The van der Waals surface area contributed by atoms with E-state index in [9.17, 15) is 4.79 Å². The predicted octanol–water partition coefficient (Wildman–Crippen LogP) is -0.620. The van der Waals surface area contributed by atoms with Crippen molar-refractivity contribution in [1.82, 2.24) is 15.7 Å². The van der Waals surface area contributed by atoms with Crippen LogP contribution in [0.5, 0.6) is 0 Å². The van der Waals surface area contributed by atoms with E-state index >= 15 is 0 Å². The van der Waals surface area contributed by atoms with Gasteiger partial charge >= 0.3 is 0 Å². The number of hydrogen-bond donors (Lipinski definition) is 2. The quantitative estimate of drug-likeness (QED) is 0.643. The minimum Gasteiger partial charge on any atom is -0.346 e. The molecule has 1 unspecified atom stereocenters. The van der Waals surface area contributed by atoms with Gasteiger partial charge in [0.15, 0.2) is 0 Å². The molecule has 1 aromatic heterocycles. The highest BCUT2D eigenvalue weighted by Crippen LogP contribution is 2.11. The minimum absolute atomic E-state index is 0.176. The van der Waals surface area contributed by atoms with Gasteiger partial charge in [0.05, 0.1) is 0 Å². The van der Waals surface area contributed by atoms with Gasteiger partial charge in [-0.1, -0.05) is 11.3 Å². The summed E-state index contributed by atoms with van der Waals surface area (Å²) in [6, 6.07) is -0.349. The maximum absolute atomic E-state index is 11.0. The third kappa shape index (κ3) is 1.36. The summed E-state index contributed by atoms with van der Waals surface area (Å²) in [5, 5.41) is 10.9. The number of rotatable bonds is 2. The van der Waals surface area contributed by atoms with Crippen LogP contribution in [0.25, 0.3) is 0 Å². The lowest BCUT2D eigenvalue weighted by molar-refractivity contribution is -0.124. The highest BCUT2D eigenvalue weighted by molar-refractivity contribution is 7.13. The molecule has 0 spiro atoms. The second-order valence-corrected chi connectivity index (χ2v) is 3.05. The van der Waals surface area contributed by atoms with E-state index < -0.39 is 0 Å². The molecule has 0 radical (unpaired) electrons. The van der Waals surface area contributed by atoms with Gasteiger partial charge in [0.1, 0.15) is 18.2 Å². The molecule has 0 saturated carbocycles. The minimum atomic E-state index is -0.349. The van der Waals surface area contributed by atoms with Crippen molar-refractivity contribution >= 4 is 22.4 Å². The van der Waals surface area contributed by atoms with Gasteiger partial charge in [0.25, 0.3) is 5.91 Å². The summed E-state index contributed by atoms with van der Waals surface area (Å²) >= 11 is 1.34. The van der Waals surface area contributed by atoms with Crippen LogP contribution in [-0.2, 0) is 9.63 Å². The van der Waals surface area contributed by atoms with E-state index in [1.54, 1.807) is 5.51 Å². The monoisotopic (exact) mass is 186 g/mol. The zero-order valence-corrected chi connectivity index (χ0v) is 6.80. The van der Waals surface area contributed by atoms with Gasteiger partial charge in [-0.05, 0) is 0 Å². The largest absolute Gasteiger partial charge is 0.346 e. The van der Waals surface area contributed by atoms with Crippen molar-refractivity contribution in [3.63, 3.8) is 0 Å². The van der Waals surface area contributed by atoms with E-state index in [-0.39, 0.29) is 11.9 Å². The fourth-order valence-corrected chi connectivity index (χ4v) is 1.33. The molecule has 0 bridgehead atoms. The zero-order valence-electron chi connectivity index (χ0n) is 5.98. The van der Waals surface area contributed by atoms with Gasteiger partial charge < -0.3 is 5.32 Å². The number of carbonyl (C=O) groups is 1. The van der Waals surface area contributed by atoms with Crippen molar-refractivity contribution < 1.29 is 9.63 Å². The Morgan fingerprint density at radius 2 is 2.75 bits per heavy atom. The summed E-state index contributed by atoms with van der Waals surface area (Å²) in [5.41, 5.74) is 3.83. The SMILES string of the molecule is O=C1NOCC1Nc1nncs1. The number of aromatic nitrogens is 2. The zero-order chi connectivity index (χ0) is 8.39. The van der Waals surface area contributed by atoms with Gasteiger partial charge in [-0.25, -0.2) is 5.48 Å². The highest BCUT2D eigenvalue weighted by Gasteiger charge is 2.25. The lowest BCUT2D eigenvalue weighted by Crippen LogP contribution is -2.30. The topological polar surface area (TPSA) is 76.1 Å². The maximum Gasteiger partial charge on any atom is 0.268 e. The first-order valence-corrected chi connectivity index (χ1v) is 4.18. The van der Waals surface area contributed by atoms with Crippen LogP contribution < -0.4 is 10.8 Å². The summed E-state index contributed by atoms with van der Waals surface area (Å²) in [4.78, 5) is 15.7. The molecule has 1 aromatic rings. The van der Waals surface area contributed by atoms with Crippen LogP contribution in [-0.4, -0.2) is 28.8 Å². The van der Waals surface area contributed by atoms with Gasteiger partial charge in [0, 0.05) is 0 Å². The first-order chi connectivity index (χ1) is 5.86. The number of nitrogens with zero attached hydrogens (tertiary/aromatic N) is 2. The fraction of sp³-hybridized carbons (Fsp3) is 0.400. The Bertz CT molecular complexity index is 275. The Morgan fingerprint density at radius 3 is 3.33 bits per heavy atom. The summed E-state index contributed by atoms with van der Waals surface area (Å²) in [7, 11) is 0. The first kappa shape index (κ1) is 7.44. The molecule has 12 heavy (non-hydrogen) atoms. The van der Waals surface area contributed by atoms with Crippen LogP contribution in [0.2, 0.25) is 0 Å². The van der Waals surface area contributed by atoms with Gasteiger partial charge in [-0.2, -0.15) is 0 Å². The Labute approximate surface area is 71.9 Å². The summed E-state index contributed by atoms with van der Waals surface area (Å²) in [6.07, 6.45) is 0. The van der Waals surface area contributed by atoms with Crippen molar-refractivity contribution in [3.05, 3.63) is 5.51 Å². The normalized spacial score (nSPS) is 22.3. The standard InChI is InChI=1S/C5H6N4O2S/c10-4-3(1-11-9-4)7-5-8-6-2-12-5/h2-3H,1H2,(H,7,8)(H,9,10). The van der Waals surface area contributed by atoms with E-state index in [4.69, 9.17) is 4.84 Å². The van der Waals surface area contributed by atoms with Gasteiger partial charge in [-0.15, -0.1) is 10.2 Å². The van der Waals surface area contributed by atoms with Gasteiger partial charge in [-0.3, -0.25) is 9.63 Å². The molecule has 2 heterocycles. The molecule has 0 aromatic carbocycles. The predicted molar refractivity (Wildman–Crippen MR) is 41.4 cm³/mol. The molecule has 64 valence electrons. The third-order valence-corrected chi connectivity index (χ3v) is 2.02. The number of hydrogen-bond acceptors (Lipinski definition) is 6. The Kier molecular flexibility index (Phi) is 1.88. The molecule has 1 amide bonds. The van der Waals surface area contributed by atoms with Crippen LogP contribution >= 0.6 is 11.3 Å². The molecule has 6 nitrogen and oxygen atoms in total. The highest BCUT2D eigenvalue weighted by atomic mass is 32.1.